The summed E-state index contributed by atoms with van der Waals surface area (Å²) in [7, 11) is 0. The molecule has 0 unspecified atom stereocenters. The van der Waals surface area contributed by atoms with Gasteiger partial charge in [0.25, 0.3) is 0 Å². The number of allylic oxidation sites excluding steroid dienone is 1. The molecule has 1 saturated heterocycles. The summed E-state index contributed by atoms with van der Waals surface area (Å²) in [6.45, 7) is 4.47. The summed E-state index contributed by atoms with van der Waals surface area (Å²) < 4.78 is 10.5. The number of ether oxygens (including phenoxy) is 2. The minimum Gasteiger partial charge on any atom is -0.466 e. The molecule has 1 aromatic carbocycles. The highest BCUT2D eigenvalue weighted by atomic mass is 16.5. The lowest BCUT2D eigenvalue weighted by atomic mass is 9.66. The van der Waals surface area contributed by atoms with Crippen molar-refractivity contribution < 1.29 is 19.1 Å². The van der Waals surface area contributed by atoms with Crippen LogP contribution in [-0.4, -0.2) is 25.2 Å². The highest BCUT2D eigenvalue weighted by Gasteiger charge is 2.51. The molecule has 1 heterocycles. The number of benzene rings is 1. The van der Waals surface area contributed by atoms with E-state index in [1.165, 1.54) is 0 Å². The van der Waals surface area contributed by atoms with Gasteiger partial charge in [0, 0.05) is 11.8 Å². The standard InChI is InChI=1S/C18H20O4/c1-3-21-18(20)16-14(12-7-5-4-6-8-12)11(2)9-13-10-22-17(19)15(13)16/h4-9,13-16H,3,10H2,1-2H3/t13-,14+,15+,16-/m1/s1. The van der Waals surface area contributed by atoms with E-state index >= 15 is 0 Å². The lowest BCUT2D eigenvalue weighted by Crippen LogP contribution is -2.39. The maximum Gasteiger partial charge on any atom is 0.310 e. The molecule has 4 atom stereocenters. The molecule has 3 rings (SSSR count). The number of hydrogen-bond acceptors (Lipinski definition) is 4. The van der Waals surface area contributed by atoms with Crippen LogP contribution in [0.5, 0.6) is 0 Å². The van der Waals surface area contributed by atoms with Crippen molar-refractivity contribution in [3.63, 3.8) is 0 Å². The van der Waals surface area contributed by atoms with Crippen LogP contribution in [0.4, 0.5) is 0 Å². The summed E-state index contributed by atoms with van der Waals surface area (Å²) in [4.78, 5) is 24.7. The molecule has 0 amide bonds. The van der Waals surface area contributed by atoms with Crippen LogP contribution in [0.3, 0.4) is 0 Å². The van der Waals surface area contributed by atoms with E-state index in [0.29, 0.717) is 13.2 Å². The van der Waals surface area contributed by atoms with Crippen molar-refractivity contribution in [1.82, 2.24) is 0 Å². The molecule has 0 spiro atoms. The molecule has 116 valence electrons. The lowest BCUT2D eigenvalue weighted by molar-refractivity contribution is -0.156. The molecule has 0 saturated carbocycles. The van der Waals surface area contributed by atoms with Gasteiger partial charge in [0.2, 0.25) is 0 Å². The van der Waals surface area contributed by atoms with Crippen LogP contribution in [0.1, 0.15) is 25.3 Å². The molecule has 22 heavy (non-hydrogen) atoms. The van der Waals surface area contributed by atoms with Crippen LogP contribution in [-0.2, 0) is 19.1 Å². The van der Waals surface area contributed by atoms with Crippen molar-refractivity contribution in [1.29, 1.82) is 0 Å². The molecule has 1 aliphatic carbocycles. The number of esters is 2. The Morgan fingerprint density at radius 2 is 2.05 bits per heavy atom. The molecule has 1 fully saturated rings. The van der Waals surface area contributed by atoms with E-state index in [9.17, 15) is 9.59 Å². The highest BCUT2D eigenvalue weighted by Crippen LogP contribution is 2.47. The number of carbonyl (C=O) groups excluding carboxylic acids is 2. The Balaban J connectivity index is 2.06. The smallest absolute Gasteiger partial charge is 0.310 e. The second kappa shape index (κ2) is 5.95. The quantitative estimate of drug-likeness (QED) is 0.636. The first-order valence-electron chi connectivity index (χ1n) is 7.70. The van der Waals surface area contributed by atoms with Gasteiger partial charge in [-0.1, -0.05) is 42.0 Å². The minimum atomic E-state index is -0.507. The Hall–Kier alpha value is -2.10. The van der Waals surface area contributed by atoms with Gasteiger partial charge in [0.15, 0.2) is 0 Å². The van der Waals surface area contributed by atoms with Crippen LogP contribution in [0, 0.1) is 17.8 Å². The summed E-state index contributed by atoms with van der Waals surface area (Å²) in [6.07, 6.45) is 2.09. The van der Waals surface area contributed by atoms with E-state index < -0.39 is 11.8 Å². The zero-order valence-corrected chi connectivity index (χ0v) is 12.8. The Morgan fingerprint density at radius 3 is 2.73 bits per heavy atom. The first kappa shape index (κ1) is 14.8. The Morgan fingerprint density at radius 1 is 1.32 bits per heavy atom. The Labute approximate surface area is 130 Å². The molecule has 4 nitrogen and oxygen atoms in total. The molecule has 1 aliphatic heterocycles. The van der Waals surface area contributed by atoms with Crippen molar-refractivity contribution in [2.24, 2.45) is 17.8 Å². The third-order valence-electron chi connectivity index (χ3n) is 4.58. The summed E-state index contributed by atoms with van der Waals surface area (Å²) in [5, 5.41) is 0. The predicted molar refractivity (Wildman–Crippen MR) is 81.0 cm³/mol. The molecule has 1 aromatic rings. The third-order valence-corrected chi connectivity index (χ3v) is 4.58. The van der Waals surface area contributed by atoms with Crippen LogP contribution in [0.15, 0.2) is 42.0 Å². The van der Waals surface area contributed by atoms with E-state index in [2.05, 4.69) is 6.08 Å². The fraction of sp³-hybridized carbons (Fsp3) is 0.444. The van der Waals surface area contributed by atoms with Crippen LogP contribution >= 0.6 is 0 Å². The minimum absolute atomic E-state index is 0.0260. The van der Waals surface area contributed by atoms with E-state index in [1.807, 2.05) is 37.3 Å². The summed E-state index contributed by atoms with van der Waals surface area (Å²) in [5.74, 6) is -1.69. The van der Waals surface area contributed by atoms with E-state index in [1.54, 1.807) is 6.92 Å². The van der Waals surface area contributed by atoms with Crippen molar-refractivity contribution in [2.75, 3.05) is 13.2 Å². The maximum absolute atomic E-state index is 12.6. The largest absolute Gasteiger partial charge is 0.466 e. The number of hydrogen-bond donors (Lipinski definition) is 0. The topological polar surface area (TPSA) is 52.6 Å². The van der Waals surface area contributed by atoms with E-state index in [0.717, 1.165) is 11.1 Å². The molecule has 0 radical (unpaired) electrons. The zero-order chi connectivity index (χ0) is 15.7. The van der Waals surface area contributed by atoms with Gasteiger partial charge in [-0.25, -0.2) is 0 Å². The Bertz CT molecular complexity index is 605. The third kappa shape index (κ3) is 2.43. The first-order valence-corrected chi connectivity index (χ1v) is 7.70. The number of carbonyl (C=O) groups is 2. The van der Waals surface area contributed by atoms with Gasteiger partial charge in [-0.3, -0.25) is 9.59 Å². The van der Waals surface area contributed by atoms with E-state index in [4.69, 9.17) is 9.47 Å². The van der Waals surface area contributed by atoms with Gasteiger partial charge in [-0.05, 0) is 19.4 Å². The molecule has 2 aliphatic rings. The van der Waals surface area contributed by atoms with Crippen LogP contribution in [0.2, 0.25) is 0 Å². The normalized spacial score (nSPS) is 30.3. The second-order valence-corrected chi connectivity index (χ2v) is 5.90. The monoisotopic (exact) mass is 300 g/mol. The molecule has 4 heteroatoms. The van der Waals surface area contributed by atoms with Crippen molar-refractivity contribution in [3.05, 3.63) is 47.5 Å². The zero-order valence-electron chi connectivity index (χ0n) is 12.8. The van der Waals surface area contributed by atoms with Gasteiger partial charge in [-0.15, -0.1) is 0 Å². The molecular weight excluding hydrogens is 280 g/mol. The average Bonchev–Trinajstić information content (AvgIpc) is 2.88. The van der Waals surface area contributed by atoms with Crippen LogP contribution in [0.25, 0.3) is 0 Å². The first-order chi connectivity index (χ1) is 10.6. The highest BCUT2D eigenvalue weighted by molar-refractivity contribution is 5.85. The SMILES string of the molecule is CCOC(=O)[C@H]1[C@H]2C(=O)OC[C@H]2C=C(C)[C@H]1c1ccccc1. The van der Waals surface area contributed by atoms with Crippen LogP contribution < -0.4 is 0 Å². The fourth-order valence-electron chi connectivity index (χ4n) is 3.70. The predicted octanol–water partition coefficient (Wildman–Crippen LogP) is 2.70. The molecule has 0 bridgehead atoms. The van der Waals surface area contributed by atoms with Crippen molar-refractivity contribution in [3.8, 4) is 0 Å². The van der Waals surface area contributed by atoms with E-state index in [-0.39, 0.29) is 23.8 Å². The Kier molecular flexibility index (Phi) is 4.01. The fourth-order valence-corrected chi connectivity index (χ4v) is 3.70. The second-order valence-electron chi connectivity index (χ2n) is 5.90. The van der Waals surface area contributed by atoms with Gasteiger partial charge >= 0.3 is 11.9 Å². The molecular formula is C18H20O4. The van der Waals surface area contributed by atoms with Gasteiger partial charge in [-0.2, -0.15) is 0 Å². The van der Waals surface area contributed by atoms with Gasteiger partial charge in [0.1, 0.15) is 0 Å². The summed E-state index contributed by atoms with van der Waals surface area (Å²) >= 11 is 0. The maximum atomic E-state index is 12.6. The van der Waals surface area contributed by atoms with Gasteiger partial charge < -0.3 is 9.47 Å². The lowest BCUT2D eigenvalue weighted by Gasteiger charge is -2.35. The molecule has 0 N–H and O–H groups in total. The number of cyclic esters (lactones) is 1. The summed E-state index contributed by atoms with van der Waals surface area (Å²) in [5.41, 5.74) is 2.14. The summed E-state index contributed by atoms with van der Waals surface area (Å²) in [6, 6.07) is 9.83. The van der Waals surface area contributed by atoms with Crippen molar-refractivity contribution >= 4 is 11.9 Å². The number of fused-ring (bicyclic) bond motifs is 1. The average molecular weight is 300 g/mol. The molecule has 0 aromatic heterocycles. The number of rotatable bonds is 3. The van der Waals surface area contributed by atoms with Crippen molar-refractivity contribution in [2.45, 2.75) is 19.8 Å². The van der Waals surface area contributed by atoms with Gasteiger partial charge in [0.05, 0.1) is 25.0 Å².